The minimum Gasteiger partial charge on any atom is -0.366 e. The van der Waals surface area contributed by atoms with Crippen molar-refractivity contribution in [1.82, 2.24) is 9.80 Å². The third-order valence-corrected chi connectivity index (χ3v) is 7.71. The van der Waals surface area contributed by atoms with Crippen LogP contribution in [0, 0.1) is 5.92 Å². The quantitative estimate of drug-likeness (QED) is 0.681. The number of carbonyl (C=O) groups is 2. The van der Waals surface area contributed by atoms with Gasteiger partial charge in [-0.3, -0.25) is 19.4 Å². The number of anilines is 1. The molecule has 0 bridgehead atoms. The van der Waals surface area contributed by atoms with Crippen LogP contribution in [0.2, 0.25) is 0 Å². The molecular weight excluding hydrogens is 370 g/mol. The Bertz CT molecular complexity index is 738. The van der Waals surface area contributed by atoms with Crippen LogP contribution in [0.4, 0.5) is 10.5 Å². The number of hydrogen-bond donors (Lipinski definition) is 0. The van der Waals surface area contributed by atoms with E-state index in [1.54, 1.807) is 0 Å². The van der Waals surface area contributed by atoms with Gasteiger partial charge in [-0.1, -0.05) is 43.8 Å². The lowest BCUT2D eigenvalue weighted by Gasteiger charge is -2.46. The fourth-order valence-corrected chi connectivity index (χ4v) is 5.73. The Morgan fingerprint density at radius 3 is 2.68 bits per heavy atom. The van der Waals surface area contributed by atoms with E-state index >= 15 is 0 Å². The summed E-state index contributed by atoms with van der Waals surface area (Å²) in [4.78, 5) is 31.1. The summed E-state index contributed by atoms with van der Waals surface area (Å²) in [6.07, 6.45) is 4.35. The predicted molar refractivity (Wildman–Crippen MR) is 115 cm³/mol. The average molecular weight is 402 g/mol. The van der Waals surface area contributed by atoms with Crippen LogP contribution in [0.15, 0.2) is 24.3 Å². The molecule has 2 saturated heterocycles. The molecule has 5 nitrogen and oxygen atoms in total. The van der Waals surface area contributed by atoms with Gasteiger partial charge in [-0.15, -0.1) is 0 Å². The molecule has 4 rings (SSSR count). The molecule has 2 unspecified atom stereocenters. The van der Waals surface area contributed by atoms with Crippen molar-refractivity contribution in [2.45, 2.75) is 50.8 Å². The van der Waals surface area contributed by atoms with Gasteiger partial charge in [-0.25, -0.2) is 0 Å². The highest BCUT2D eigenvalue weighted by Crippen LogP contribution is 2.33. The number of amides is 2. The van der Waals surface area contributed by atoms with E-state index in [0.29, 0.717) is 12.6 Å². The molecule has 3 aliphatic heterocycles. The van der Waals surface area contributed by atoms with Gasteiger partial charge in [0.05, 0.1) is 5.25 Å². The number of rotatable bonds is 6. The summed E-state index contributed by atoms with van der Waals surface area (Å²) in [6, 6.07) is 9.45. The molecule has 3 aliphatic rings. The molecule has 152 valence electrons. The van der Waals surface area contributed by atoms with Gasteiger partial charge in [0, 0.05) is 37.9 Å². The highest BCUT2D eigenvalue weighted by molar-refractivity contribution is 8.15. The zero-order chi connectivity index (χ0) is 19.7. The van der Waals surface area contributed by atoms with Gasteiger partial charge in [-0.05, 0) is 49.8 Å². The zero-order valence-corrected chi connectivity index (χ0v) is 17.8. The van der Waals surface area contributed by atoms with Crippen LogP contribution in [-0.4, -0.2) is 65.0 Å². The highest BCUT2D eigenvalue weighted by Gasteiger charge is 2.40. The van der Waals surface area contributed by atoms with E-state index in [0.717, 1.165) is 39.0 Å². The summed E-state index contributed by atoms with van der Waals surface area (Å²) in [5, 5.41) is -0.243. The van der Waals surface area contributed by atoms with E-state index in [4.69, 9.17) is 0 Å². The Morgan fingerprint density at radius 2 is 1.89 bits per heavy atom. The minimum absolute atomic E-state index is 0.0134. The highest BCUT2D eigenvalue weighted by atomic mass is 32.2. The number of fused-ring (bicyclic) bond motifs is 3. The molecule has 2 fully saturated rings. The molecule has 28 heavy (non-hydrogen) atoms. The van der Waals surface area contributed by atoms with E-state index in [-0.39, 0.29) is 22.3 Å². The largest absolute Gasteiger partial charge is 0.366 e. The summed E-state index contributed by atoms with van der Waals surface area (Å²) < 4.78 is 0. The van der Waals surface area contributed by atoms with Gasteiger partial charge in [0.15, 0.2) is 0 Å². The Balaban J connectivity index is 1.22. The third-order valence-electron chi connectivity index (χ3n) is 6.28. The predicted octanol–water partition coefficient (Wildman–Crippen LogP) is 3.62. The van der Waals surface area contributed by atoms with Gasteiger partial charge < -0.3 is 4.90 Å². The standard InChI is InChI=1S/C22H31N3O2S/c1-16(2)20-21(26)25(22(27)28-20)12-6-5-11-23-13-14-24-18(15-23)10-9-17-7-3-4-8-19(17)24/h3-4,7-8,16,18,20H,5-6,9-15H2,1-2H3. The molecule has 0 saturated carbocycles. The lowest BCUT2D eigenvalue weighted by molar-refractivity contribution is -0.127. The Kier molecular flexibility index (Phi) is 5.97. The van der Waals surface area contributed by atoms with E-state index in [2.05, 4.69) is 34.1 Å². The van der Waals surface area contributed by atoms with Crippen molar-refractivity contribution in [2.75, 3.05) is 37.6 Å². The molecule has 0 radical (unpaired) electrons. The van der Waals surface area contributed by atoms with E-state index in [1.807, 2.05) is 13.8 Å². The lowest BCUT2D eigenvalue weighted by Crippen LogP contribution is -2.55. The molecule has 0 aliphatic carbocycles. The number of para-hydroxylation sites is 1. The van der Waals surface area contributed by atoms with Gasteiger partial charge in [-0.2, -0.15) is 0 Å². The number of hydrogen-bond acceptors (Lipinski definition) is 5. The molecule has 2 amide bonds. The van der Waals surface area contributed by atoms with Crippen LogP contribution in [0.5, 0.6) is 0 Å². The summed E-state index contributed by atoms with van der Waals surface area (Å²) in [5.74, 6) is 0.225. The molecule has 6 heteroatoms. The Hall–Kier alpha value is -1.53. The summed E-state index contributed by atoms with van der Waals surface area (Å²) in [5.41, 5.74) is 2.92. The molecule has 1 aromatic rings. The Morgan fingerprint density at radius 1 is 1.11 bits per heavy atom. The SMILES string of the molecule is CC(C)C1SC(=O)N(CCCCN2CCN3c4ccccc4CCC3C2)C1=O. The lowest BCUT2D eigenvalue weighted by atomic mass is 9.94. The summed E-state index contributed by atoms with van der Waals surface area (Å²) >= 11 is 1.20. The van der Waals surface area contributed by atoms with Crippen molar-refractivity contribution in [3.8, 4) is 0 Å². The van der Waals surface area contributed by atoms with Crippen LogP contribution in [0.1, 0.15) is 38.7 Å². The maximum absolute atomic E-state index is 12.4. The fraction of sp³-hybridized carbons (Fsp3) is 0.636. The first kappa shape index (κ1) is 19.8. The first-order valence-corrected chi connectivity index (χ1v) is 11.5. The van der Waals surface area contributed by atoms with Crippen LogP contribution in [0.3, 0.4) is 0 Å². The van der Waals surface area contributed by atoms with Gasteiger partial charge in [0.1, 0.15) is 0 Å². The minimum atomic E-state index is -0.185. The summed E-state index contributed by atoms with van der Waals surface area (Å²) in [7, 11) is 0. The number of imide groups is 1. The third kappa shape index (κ3) is 3.94. The van der Waals surface area contributed by atoms with Crippen LogP contribution in [0.25, 0.3) is 0 Å². The topological polar surface area (TPSA) is 43.9 Å². The number of benzene rings is 1. The second-order valence-electron chi connectivity index (χ2n) is 8.56. The van der Waals surface area contributed by atoms with Crippen molar-refractivity contribution in [1.29, 1.82) is 0 Å². The van der Waals surface area contributed by atoms with Crippen molar-refractivity contribution < 1.29 is 9.59 Å². The van der Waals surface area contributed by atoms with Crippen LogP contribution >= 0.6 is 11.8 Å². The summed E-state index contributed by atoms with van der Waals surface area (Å²) in [6.45, 7) is 8.97. The van der Waals surface area contributed by atoms with Gasteiger partial charge >= 0.3 is 0 Å². The van der Waals surface area contributed by atoms with E-state index in [9.17, 15) is 9.59 Å². The molecular formula is C22H31N3O2S. The smallest absolute Gasteiger partial charge is 0.289 e. The molecule has 3 heterocycles. The van der Waals surface area contributed by atoms with Crippen molar-refractivity contribution in [3.05, 3.63) is 29.8 Å². The first-order chi connectivity index (χ1) is 13.5. The van der Waals surface area contributed by atoms with Gasteiger partial charge in [0.25, 0.3) is 5.24 Å². The Labute approximate surface area is 172 Å². The number of nitrogens with zero attached hydrogens (tertiary/aromatic N) is 3. The number of piperazine rings is 1. The number of aryl methyl sites for hydroxylation is 1. The molecule has 0 N–H and O–H groups in total. The first-order valence-electron chi connectivity index (χ1n) is 10.6. The second kappa shape index (κ2) is 8.46. The number of thioether (sulfide) groups is 1. The number of carbonyl (C=O) groups excluding carboxylic acids is 2. The molecule has 0 aromatic heterocycles. The second-order valence-corrected chi connectivity index (χ2v) is 9.65. The van der Waals surface area contributed by atoms with Crippen molar-refractivity contribution in [3.63, 3.8) is 0 Å². The maximum Gasteiger partial charge on any atom is 0.289 e. The van der Waals surface area contributed by atoms with Crippen LogP contribution in [-0.2, 0) is 11.2 Å². The maximum atomic E-state index is 12.4. The molecule has 2 atom stereocenters. The van der Waals surface area contributed by atoms with Gasteiger partial charge in [0.2, 0.25) is 5.91 Å². The van der Waals surface area contributed by atoms with E-state index < -0.39 is 0 Å². The van der Waals surface area contributed by atoms with Crippen molar-refractivity contribution >= 4 is 28.6 Å². The monoisotopic (exact) mass is 401 g/mol. The molecule has 0 spiro atoms. The average Bonchev–Trinajstić information content (AvgIpc) is 2.99. The molecule has 1 aromatic carbocycles. The zero-order valence-electron chi connectivity index (χ0n) is 17.0. The normalized spacial score (nSPS) is 25.4. The van der Waals surface area contributed by atoms with E-state index in [1.165, 1.54) is 40.8 Å². The van der Waals surface area contributed by atoms with Crippen LogP contribution < -0.4 is 4.90 Å². The number of unbranched alkanes of at least 4 members (excludes halogenated alkanes) is 1. The fourth-order valence-electron chi connectivity index (χ4n) is 4.71. The van der Waals surface area contributed by atoms with Crippen molar-refractivity contribution in [2.24, 2.45) is 5.92 Å².